The van der Waals surface area contributed by atoms with Gasteiger partial charge in [0.2, 0.25) is 0 Å². The third-order valence-electron chi connectivity index (χ3n) is 4.95. The van der Waals surface area contributed by atoms with Crippen LogP contribution in [0.3, 0.4) is 0 Å². The first-order valence-electron chi connectivity index (χ1n) is 8.92. The average molecular weight is 297 g/mol. The Morgan fingerprint density at radius 2 is 2.05 bits per heavy atom. The highest BCUT2D eigenvalue weighted by molar-refractivity contribution is 4.88. The molecule has 3 atom stereocenters. The zero-order valence-electron chi connectivity index (χ0n) is 13.9. The first-order valence-corrected chi connectivity index (χ1v) is 8.92. The lowest BCUT2D eigenvalue weighted by Gasteiger charge is -2.39. The maximum Gasteiger partial charge on any atom is 0.0571 e. The van der Waals surface area contributed by atoms with E-state index in [1.54, 1.807) is 0 Å². The molecule has 0 aromatic rings. The van der Waals surface area contributed by atoms with Crippen LogP contribution in [0.15, 0.2) is 0 Å². The summed E-state index contributed by atoms with van der Waals surface area (Å²) >= 11 is 0. The monoisotopic (exact) mass is 297 g/mol. The van der Waals surface area contributed by atoms with Crippen molar-refractivity contribution in [3.05, 3.63) is 0 Å². The number of hydrogen-bond donors (Lipinski definition) is 3. The molecule has 2 rings (SSSR count). The van der Waals surface area contributed by atoms with Crippen molar-refractivity contribution >= 4 is 0 Å². The Hall–Kier alpha value is -0.160. The molecule has 0 bridgehead atoms. The highest BCUT2D eigenvalue weighted by Gasteiger charge is 2.34. The fourth-order valence-corrected chi connectivity index (χ4v) is 3.58. The van der Waals surface area contributed by atoms with E-state index in [0.29, 0.717) is 17.9 Å². The van der Waals surface area contributed by atoms with Gasteiger partial charge in [-0.25, -0.2) is 0 Å². The Bertz CT molecular complexity index is 294. The predicted octanol–water partition coefficient (Wildman–Crippen LogP) is 1.43. The van der Waals surface area contributed by atoms with Gasteiger partial charge < -0.3 is 21.1 Å². The van der Waals surface area contributed by atoms with Crippen LogP contribution in [0.5, 0.6) is 0 Å². The van der Waals surface area contributed by atoms with Crippen molar-refractivity contribution in [1.29, 1.82) is 0 Å². The molecule has 21 heavy (non-hydrogen) atoms. The van der Waals surface area contributed by atoms with E-state index in [4.69, 9.17) is 5.73 Å². The van der Waals surface area contributed by atoms with E-state index >= 15 is 0 Å². The molecule has 1 aliphatic heterocycles. The third kappa shape index (κ3) is 6.23. The molecular weight excluding hydrogens is 262 g/mol. The van der Waals surface area contributed by atoms with E-state index < -0.39 is 0 Å². The maximum atomic E-state index is 10.2. The van der Waals surface area contributed by atoms with Gasteiger partial charge in [-0.2, -0.15) is 0 Å². The minimum Gasteiger partial charge on any atom is -0.393 e. The van der Waals surface area contributed by atoms with Gasteiger partial charge in [0.15, 0.2) is 0 Å². The molecule has 1 saturated heterocycles. The van der Waals surface area contributed by atoms with Crippen molar-refractivity contribution in [2.75, 3.05) is 32.7 Å². The molecule has 0 amide bonds. The minimum absolute atomic E-state index is 0.0656. The van der Waals surface area contributed by atoms with Crippen molar-refractivity contribution in [2.45, 2.75) is 58.1 Å². The molecule has 0 aromatic heterocycles. The summed E-state index contributed by atoms with van der Waals surface area (Å²) in [6.07, 6.45) is 5.83. The molecule has 4 nitrogen and oxygen atoms in total. The van der Waals surface area contributed by atoms with E-state index in [1.165, 1.54) is 25.7 Å². The van der Waals surface area contributed by atoms with Crippen molar-refractivity contribution in [2.24, 2.45) is 23.5 Å². The lowest BCUT2D eigenvalue weighted by Crippen LogP contribution is -2.51. The second kappa shape index (κ2) is 8.47. The lowest BCUT2D eigenvalue weighted by atomic mass is 9.88. The number of nitrogens with one attached hydrogen (secondary N) is 1. The van der Waals surface area contributed by atoms with Crippen molar-refractivity contribution in [3.8, 4) is 0 Å². The second-order valence-electron chi connectivity index (χ2n) is 7.62. The quantitative estimate of drug-likeness (QED) is 0.602. The fraction of sp³-hybridized carbons (Fsp3) is 1.00. The number of nitrogens with two attached hydrogens (primary N) is 1. The van der Waals surface area contributed by atoms with Crippen LogP contribution in [0, 0.1) is 17.8 Å². The Morgan fingerprint density at radius 1 is 1.29 bits per heavy atom. The van der Waals surface area contributed by atoms with Crippen molar-refractivity contribution < 1.29 is 5.11 Å². The number of piperidine rings is 1. The molecule has 4 N–H and O–H groups in total. The highest BCUT2D eigenvalue weighted by atomic mass is 16.3. The molecule has 3 unspecified atom stereocenters. The zero-order chi connectivity index (χ0) is 15.2. The van der Waals surface area contributed by atoms with Crippen LogP contribution in [0.1, 0.15) is 46.0 Å². The Balaban J connectivity index is 1.78. The molecule has 124 valence electrons. The van der Waals surface area contributed by atoms with Gasteiger partial charge in [0.05, 0.1) is 6.10 Å². The largest absolute Gasteiger partial charge is 0.393 e. The van der Waals surface area contributed by atoms with Gasteiger partial charge in [0, 0.05) is 32.2 Å². The van der Waals surface area contributed by atoms with Gasteiger partial charge in [-0.15, -0.1) is 0 Å². The molecule has 4 heteroatoms. The van der Waals surface area contributed by atoms with Gasteiger partial charge >= 0.3 is 0 Å². The molecule has 2 aliphatic rings. The standard InChI is InChI=1S/C17H35N3O/c1-13(2)5-7-19-16-9-14(10-17(21)15-3-4-15)11-20(12-16)8-6-18/h13-17,19,21H,3-12,18H2,1-2H3. The molecule has 1 saturated carbocycles. The minimum atomic E-state index is -0.0656. The van der Waals surface area contributed by atoms with Crippen LogP contribution in [0.25, 0.3) is 0 Å². The first-order chi connectivity index (χ1) is 10.1. The predicted molar refractivity (Wildman–Crippen MR) is 88.2 cm³/mol. The number of hydrogen-bond acceptors (Lipinski definition) is 4. The molecule has 0 spiro atoms. The van der Waals surface area contributed by atoms with Gasteiger partial charge in [0.1, 0.15) is 0 Å². The van der Waals surface area contributed by atoms with Crippen LogP contribution in [0.2, 0.25) is 0 Å². The summed E-state index contributed by atoms with van der Waals surface area (Å²) in [5.74, 6) is 1.98. The second-order valence-corrected chi connectivity index (χ2v) is 7.62. The molecular formula is C17H35N3O. The van der Waals surface area contributed by atoms with Crippen LogP contribution in [-0.2, 0) is 0 Å². The topological polar surface area (TPSA) is 61.5 Å². The van der Waals surface area contributed by atoms with E-state index in [9.17, 15) is 5.11 Å². The summed E-state index contributed by atoms with van der Waals surface area (Å²) in [5, 5.41) is 14.0. The number of aliphatic hydroxyl groups is 1. The third-order valence-corrected chi connectivity index (χ3v) is 4.95. The normalized spacial score (nSPS) is 29.0. The molecule has 0 aromatic carbocycles. The summed E-state index contributed by atoms with van der Waals surface area (Å²) in [6.45, 7) is 9.61. The zero-order valence-corrected chi connectivity index (χ0v) is 13.9. The Morgan fingerprint density at radius 3 is 2.67 bits per heavy atom. The van der Waals surface area contributed by atoms with E-state index in [2.05, 4.69) is 24.1 Å². The first kappa shape index (κ1) is 17.2. The van der Waals surface area contributed by atoms with Gasteiger partial charge in [-0.3, -0.25) is 0 Å². The molecule has 1 aliphatic carbocycles. The summed E-state index contributed by atoms with van der Waals surface area (Å²) < 4.78 is 0. The van der Waals surface area contributed by atoms with Crippen LogP contribution in [0.4, 0.5) is 0 Å². The van der Waals surface area contributed by atoms with Crippen molar-refractivity contribution in [1.82, 2.24) is 10.2 Å². The summed E-state index contributed by atoms with van der Waals surface area (Å²) in [7, 11) is 0. The SMILES string of the molecule is CC(C)CCNC1CC(CC(O)C2CC2)CN(CCN)C1. The van der Waals surface area contributed by atoms with E-state index in [-0.39, 0.29) is 6.10 Å². The summed E-state index contributed by atoms with van der Waals surface area (Å²) in [6, 6.07) is 0.570. The number of rotatable bonds is 9. The molecule has 2 fully saturated rings. The maximum absolute atomic E-state index is 10.2. The van der Waals surface area contributed by atoms with Crippen molar-refractivity contribution in [3.63, 3.8) is 0 Å². The Labute approximate surface area is 130 Å². The van der Waals surface area contributed by atoms with Crippen LogP contribution in [-0.4, -0.2) is 54.9 Å². The van der Waals surface area contributed by atoms with Crippen LogP contribution < -0.4 is 11.1 Å². The number of nitrogens with zero attached hydrogens (tertiary/aromatic N) is 1. The van der Waals surface area contributed by atoms with Crippen LogP contribution >= 0.6 is 0 Å². The lowest BCUT2D eigenvalue weighted by molar-refractivity contribution is 0.0759. The summed E-state index contributed by atoms with van der Waals surface area (Å²) in [4.78, 5) is 2.49. The number of aliphatic hydroxyl groups excluding tert-OH is 1. The average Bonchev–Trinajstić information content (AvgIpc) is 3.22. The Kier molecular flexibility index (Phi) is 6.93. The highest BCUT2D eigenvalue weighted by Crippen LogP contribution is 2.36. The van der Waals surface area contributed by atoms with Gasteiger partial charge in [0.25, 0.3) is 0 Å². The fourth-order valence-electron chi connectivity index (χ4n) is 3.58. The van der Waals surface area contributed by atoms with E-state index in [1.807, 2.05) is 0 Å². The number of likely N-dealkylation sites (tertiary alicyclic amines) is 1. The van der Waals surface area contributed by atoms with E-state index in [0.717, 1.165) is 45.1 Å². The molecule has 0 radical (unpaired) electrons. The summed E-state index contributed by atoms with van der Waals surface area (Å²) in [5.41, 5.74) is 5.74. The molecule has 1 heterocycles. The van der Waals surface area contributed by atoms with Gasteiger partial charge in [-0.05, 0) is 56.4 Å². The smallest absolute Gasteiger partial charge is 0.0571 e. The van der Waals surface area contributed by atoms with Gasteiger partial charge in [-0.1, -0.05) is 13.8 Å².